The monoisotopic (exact) mass is 252 g/mol. The number of hydrogen-bond acceptors (Lipinski definition) is 2. The number of nitrogens with two attached hydrogens (primary N) is 1. The average molecular weight is 252 g/mol. The molecule has 1 aromatic heterocycles. The Hall–Kier alpha value is -1.67. The molecule has 0 radical (unpaired) electrons. The van der Waals surface area contributed by atoms with E-state index in [0.29, 0.717) is 0 Å². The van der Waals surface area contributed by atoms with Crippen LogP contribution >= 0.6 is 0 Å². The third-order valence-electron chi connectivity index (χ3n) is 4.29. The van der Waals surface area contributed by atoms with Gasteiger partial charge in [0.25, 0.3) is 0 Å². The summed E-state index contributed by atoms with van der Waals surface area (Å²) in [6, 6.07) is 10.8. The summed E-state index contributed by atoms with van der Waals surface area (Å²) in [5.41, 5.74) is 11.3. The summed E-state index contributed by atoms with van der Waals surface area (Å²) >= 11 is 0. The van der Waals surface area contributed by atoms with Crippen LogP contribution in [0.5, 0.6) is 0 Å². The molecule has 2 nitrogen and oxygen atoms in total. The minimum absolute atomic E-state index is 0.0795. The van der Waals surface area contributed by atoms with E-state index in [0.717, 1.165) is 11.5 Å². The maximum absolute atomic E-state index is 6.35. The molecule has 1 aliphatic rings. The van der Waals surface area contributed by atoms with Crippen LogP contribution in [0.3, 0.4) is 0 Å². The van der Waals surface area contributed by atoms with Gasteiger partial charge in [-0.15, -0.1) is 0 Å². The van der Waals surface area contributed by atoms with E-state index >= 15 is 0 Å². The van der Waals surface area contributed by atoms with Gasteiger partial charge in [0.15, 0.2) is 0 Å². The smallest absolute Gasteiger partial charge is 0.0569 e. The van der Waals surface area contributed by atoms with Crippen LogP contribution in [0.1, 0.15) is 53.5 Å². The van der Waals surface area contributed by atoms with E-state index < -0.39 is 0 Å². The number of aryl methyl sites for hydroxylation is 1. The lowest BCUT2D eigenvalue weighted by atomic mass is 9.79. The minimum Gasteiger partial charge on any atom is -0.320 e. The Labute approximate surface area is 114 Å². The minimum atomic E-state index is -0.0795. The van der Waals surface area contributed by atoms with Crippen molar-refractivity contribution in [2.75, 3.05) is 0 Å². The van der Waals surface area contributed by atoms with Crippen molar-refractivity contribution in [3.63, 3.8) is 0 Å². The summed E-state index contributed by atoms with van der Waals surface area (Å²) in [5, 5.41) is 0. The lowest BCUT2D eigenvalue weighted by Gasteiger charge is -2.26. The van der Waals surface area contributed by atoms with Crippen LogP contribution in [0.2, 0.25) is 0 Å². The van der Waals surface area contributed by atoms with Gasteiger partial charge in [-0.1, -0.05) is 30.7 Å². The van der Waals surface area contributed by atoms with E-state index in [9.17, 15) is 0 Å². The van der Waals surface area contributed by atoms with Crippen molar-refractivity contribution in [2.45, 2.75) is 38.1 Å². The maximum Gasteiger partial charge on any atom is 0.0569 e. The SMILES string of the molecule is Cc1ccncc1C(N)c1ccc(C2CCC2)cc1. The van der Waals surface area contributed by atoms with E-state index in [1.165, 1.54) is 36.0 Å². The van der Waals surface area contributed by atoms with Gasteiger partial charge in [0.1, 0.15) is 0 Å². The summed E-state index contributed by atoms with van der Waals surface area (Å²) in [6.07, 6.45) is 7.74. The molecule has 2 heteroatoms. The number of aromatic nitrogens is 1. The molecule has 0 saturated heterocycles. The molecule has 98 valence electrons. The van der Waals surface area contributed by atoms with Gasteiger partial charge in [-0.3, -0.25) is 4.98 Å². The van der Waals surface area contributed by atoms with Gasteiger partial charge in [-0.05, 0) is 54.0 Å². The lowest BCUT2D eigenvalue weighted by molar-refractivity contribution is 0.419. The topological polar surface area (TPSA) is 38.9 Å². The van der Waals surface area contributed by atoms with Crippen LogP contribution in [0, 0.1) is 6.92 Å². The molecule has 0 aliphatic heterocycles. The zero-order chi connectivity index (χ0) is 13.2. The Morgan fingerprint density at radius 2 is 1.89 bits per heavy atom. The Kier molecular flexibility index (Phi) is 3.34. The zero-order valence-electron chi connectivity index (χ0n) is 11.3. The standard InChI is InChI=1S/C17H20N2/c1-12-9-10-19-11-16(12)17(18)15-7-5-14(6-8-15)13-3-2-4-13/h5-11,13,17H,2-4,18H2,1H3. The molecule has 3 rings (SSSR count). The third-order valence-corrected chi connectivity index (χ3v) is 4.29. The molecule has 1 heterocycles. The van der Waals surface area contributed by atoms with Crippen LogP contribution in [0.25, 0.3) is 0 Å². The highest BCUT2D eigenvalue weighted by Gasteiger charge is 2.19. The maximum atomic E-state index is 6.35. The molecule has 2 N–H and O–H groups in total. The number of nitrogens with zero attached hydrogens (tertiary/aromatic N) is 1. The fraction of sp³-hybridized carbons (Fsp3) is 0.353. The molecule has 0 spiro atoms. The first-order chi connectivity index (χ1) is 9.25. The lowest BCUT2D eigenvalue weighted by Crippen LogP contribution is -2.14. The van der Waals surface area contributed by atoms with E-state index in [-0.39, 0.29) is 6.04 Å². The first kappa shape index (κ1) is 12.4. The number of benzene rings is 1. The van der Waals surface area contributed by atoms with Crippen LogP contribution in [-0.2, 0) is 0 Å². The molecule has 1 fully saturated rings. The molecular formula is C17H20N2. The number of pyridine rings is 1. The van der Waals surface area contributed by atoms with Gasteiger partial charge in [-0.2, -0.15) is 0 Å². The predicted octanol–water partition coefficient (Wildman–Crippen LogP) is 3.71. The van der Waals surface area contributed by atoms with E-state index in [4.69, 9.17) is 5.73 Å². The molecule has 1 atom stereocenters. The van der Waals surface area contributed by atoms with Crippen LogP contribution < -0.4 is 5.73 Å². The molecular weight excluding hydrogens is 232 g/mol. The van der Waals surface area contributed by atoms with E-state index in [1.807, 2.05) is 18.5 Å². The highest BCUT2D eigenvalue weighted by molar-refractivity contribution is 5.36. The summed E-state index contributed by atoms with van der Waals surface area (Å²) in [6.45, 7) is 2.08. The van der Waals surface area contributed by atoms with Crippen LogP contribution in [0.15, 0.2) is 42.7 Å². The Balaban J connectivity index is 1.83. The summed E-state index contributed by atoms with van der Waals surface area (Å²) in [4.78, 5) is 4.18. The Morgan fingerprint density at radius 3 is 2.47 bits per heavy atom. The molecule has 0 amide bonds. The largest absolute Gasteiger partial charge is 0.320 e. The van der Waals surface area contributed by atoms with E-state index in [2.05, 4.69) is 36.2 Å². The van der Waals surface area contributed by atoms with Gasteiger partial charge < -0.3 is 5.73 Å². The van der Waals surface area contributed by atoms with Crippen molar-refractivity contribution < 1.29 is 0 Å². The second-order valence-corrected chi connectivity index (χ2v) is 5.50. The van der Waals surface area contributed by atoms with Crippen molar-refractivity contribution in [1.29, 1.82) is 0 Å². The molecule has 0 bridgehead atoms. The molecule has 1 saturated carbocycles. The third kappa shape index (κ3) is 2.41. The van der Waals surface area contributed by atoms with Crippen LogP contribution in [-0.4, -0.2) is 4.98 Å². The van der Waals surface area contributed by atoms with Gasteiger partial charge in [-0.25, -0.2) is 0 Å². The zero-order valence-corrected chi connectivity index (χ0v) is 11.3. The fourth-order valence-electron chi connectivity index (χ4n) is 2.70. The highest BCUT2D eigenvalue weighted by atomic mass is 14.7. The van der Waals surface area contributed by atoms with Gasteiger partial charge >= 0.3 is 0 Å². The normalized spacial score (nSPS) is 16.9. The molecule has 1 aliphatic carbocycles. The molecule has 19 heavy (non-hydrogen) atoms. The fourth-order valence-corrected chi connectivity index (χ4v) is 2.70. The Morgan fingerprint density at radius 1 is 1.16 bits per heavy atom. The van der Waals surface area contributed by atoms with Gasteiger partial charge in [0, 0.05) is 12.4 Å². The Bertz CT molecular complexity index is 556. The van der Waals surface area contributed by atoms with Gasteiger partial charge in [0.2, 0.25) is 0 Å². The second kappa shape index (κ2) is 5.14. The second-order valence-electron chi connectivity index (χ2n) is 5.50. The van der Waals surface area contributed by atoms with Crippen molar-refractivity contribution in [1.82, 2.24) is 4.98 Å². The van der Waals surface area contributed by atoms with Crippen molar-refractivity contribution >= 4 is 0 Å². The first-order valence-electron chi connectivity index (χ1n) is 7.01. The van der Waals surface area contributed by atoms with Crippen molar-refractivity contribution in [2.24, 2.45) is 5.73 Å². The molecule has 1 aromatic carbocycles. The van der Waals surface area contributed by atoms with Crippen molar-refractivity contribution in [3.05, 3.63) is 65.0 Å². The summed E-state index contributed by atoms with van der Waals surface area (Å²) < 4.78 is 0. The summed E-state index contributed by atoms with van der Waals surface area (Å²) in [7, 11) is 0. The average Bonchev–Trinajstić information content (AvgIpc) is 2.37. The first-order valence-corrected chi connectivity index (χ1v) is 7.01. The van der Waals surface area contributed by atoms with E-state index in [1.54, 1.807) is 0 Å². The number of hydrogen-bond donors (Lipinski definition) is 1. The van der Waals surface area contributed by atoms with Crippen molar-refractivity contribution in [3.8, 4) is 0 Å². The summed E-state index contributed by atoms with van der Waals surface area (Å²) in [5.74, 6) is 0.783. The van der Waals surface area contributed by atoms with Crippen LogP contribution in [0.4, 0.5) is 0 Å². The molecule has 2 aromatic rings. The molecule has 1 unspecified atom stereocenters. The van der Waals surface area contributed by atoms with Gasteiger partial charge in [0.05, 0.1) is 6.04 Å². The highest BCUT2D eigenvalue weighted by Crippen LogP contribution is 2.36. The number of rotatable bonds is 3. The predicted molar refractivity (Wildman–Crippen MR) is 78.0 cm³/mol. The quantitative estimate of drug-likeness (QED) is 0.904.